The van der Waals surface area contributed by atoms with Crippen LogP contribution in [0.25, 0.3) is 11.3 Å². The van der Waals surface area contributed by atoms with Crippen LogP contribution < -0.4 is 5.32 Å². The predicted molar refractivity (Wildman–Crippen MR) is 134 cm³/mol. The Morgan fingerprint density at radius 2 is 1.38 bits per heavy atom. The van der Waals surface area contributed by atoms with E-state index in [2.05, 4.69) is 28.5 Å². The van der Waals surface area contributed by atoms with Crippen molar-refractivity contribution in [1.29, 1.82) is 0 Å². The summed E-state index contributed by atoms with van der Waals surface area (Å²) in [5, 5.41) is 5.28. The van der Waals surface area contributed by atoms with E-state index in [0.717, 1.165) is 24.1 Å². The highest BCUT2D eigenvalue weighted by Gasteiger charge is 2.19. The maximum atomic E-state index is 12.7. The number of thiazole rings is 1. The summed E-state index contributed by atoms with van der Waals surface area (Å²) in [6, 6.07) is 21.0. The zero-order valence-electron chi connectivity index (χ0n) is 18.4. The zero-order valence-corrected chi connectivity index (χ0v) is 19.2. The van der Waals surface area contributed by atoms with Gasteiger partial charge in [0.05, 0.1) is 5.69 Å². The summed E-state index contributed by atoms with van der Waals surface area (Å²) in [6.45, 7) is 0. The van der Waals surface area contributed by atoms with Gasteiger partial charge in [-0.05, 0) is 55.0 Å². The summed E-state index contributed by atoms with van der Waals surface area (Å²) in [6.07, 6.45) is 4.71. The van der Waals surface area contributed by atoms with Crippen molar-refractivity contribution >= 4 is 33.9 Å². The van der Waals surface area contributed by atoms with Gasteiger partial charge in [-0.25, -0.2) is 4.98 Å². The number of carbonyl (C=O) groups is 3. The lowest BCUT2D eigenvalue weighted by molar-refractivity contribution is 0.0817. The normalized spacial score (nSPS) is 12.6. The van der Waals surface area contributed by atoms with Gasteiger partial charge in [0.1, 0.15) is 0 Å². The molecule has 0 saturated heterocycles. The molecule has 1 aliphatic carbocycles. The first kappa shape index (κ1) is 21.9. The highest BCUT2D eigenvalue weighted by molar-refractivity contribution is 7.14. The number of ketones is 2. The summed E-state index contributed by atoms with van der Waals surface area (Å²) < 4.78 is 0. The van der Waals surface area contributed by atoms with Gasteiger partial charge in [0, 0.05) is 27.6 Å². The number of rotatable bonds is 6. The Kier molecular flexibility index (Phi) is 6.14. The van der Waals surface area contributed by atoms with E-state index in [0.29, 0.717) is 16.3 Å². The maximum Gasteiger partial charge on any atom is 0.257 e. The first-order valence-corrected chi connectivity index (χ1v) is 12.1. The molecule has 0 atom stereocenters. The van der Waals surface area contributed by atoms with Crippen LogP contribution in [0.5, 0.6) is 0 Å². The second-order valence-electron chi connectivity index (χ2n) is 8.28. The number of fused-ring (bicyclic) bond motifs is 1. The second kappa shape index (κ2) is 9.53. The van der Waals surface area contributed by atoms with Gasteiger partial charge in [0.15, 0.2) is 5.13 Å². The van der Waals surface area contributed by atoms with E-state index < -0.39 is 11.6 Å². The number of benzene rings is 3. The van der Waals surface area contributed by atoms with E-state index in [1.165, 1.54) is 47.4 Å². The number of aryl methyl sites for hydroxylation is 2. The molecule has 0 saturated carbocycles. The number of amides is 1. The number of hydrogen-bond donors (Lipinski definition) is 1. The van der Waals surface area contributed by atoms with Crippen molar-refractivity contribution in [2.75, 3.05) is 5.32 Å². The van der Waals surface area contributed by atoms with Crippen molar-refractivity contribution in [2.45, 2.75) is 25.7 Å². The highest BCUT2D eigenvalue weighted by atomic mass is 32.1. The number of Topliss-reactive ketones (excluding diaryl/α,β-unsaturated/α-hetero) is 2. The molecular formula is C28H22N2O3S. The predicted octanol–water partition coefficient (Wildman–Crippen LogP) is 6.01. The van der Waals surface area contributed by atoms with Gasteiger partial charge in [-0.15, -0.1) is 11.3 Å². The lowest BCUT2D eigenvalue weighted by atomic mass is 9.90. The summed E-state index contributed by atoms with van der Waals surface area (Å²) in [5.74, 6) is -1.50. The molecule has 34 heavy (non-hydrogen) atoms. The summed E-state index contributed by atoms with van der Waals surface area (Å²) in [7, 11) is 0. The van der Waals surface area contributed by atoms with Crippen LogP contribution in [-0.2, 0) is 12.8 Å². The molecule has 5 rings (SSSR count). The van der Waals surface area contributed by atoms with Gasteiger partial charge in [-0.1, -0.05) is 54.6 Å². The van der Waals surface area contributed by atoms with E-state index in [-0.39, 0.29) is 11.5 Å². The summed E-state index contributed by atoms with van der Waals surface area (Å²) >= 11 is 1.37. The lowest BCUT2D eigenvalue weighted by Crippen LogP contribution is -2.15. The fourth-order valence-electron chi connectivity index (χ4n) is 4.15. The van der Waals surface area contributed by atoms with Gasteiger partial charge in [-0.3, -0.25) is 19.7 Å². The van der Waals surface area contributed by atoms with Gasteiger partial charge in [0.2, 0.25) is 11.6 Å². The molecule has 0 radical (unpaired) electrons. The average Bonchev–Trinajstić information content (AvgIpc) is 3.36. The third-order valence-corrected chi connectivity index (χ3v) is 6.78. The Hall–Kier alpha value is -3.90. The van der Waals surface area contributed by atoms with E-state index >= 15 is 0 Å². The van der Waals surface area contributed by atoms with E-state index in [1.54, 1.807) is 42.5 Å². The fourth-order valence-corrected chi connectivity index (χ4v) is 4.87. The smallest absolute Gasteiger partial charge is 0.257 e. The third-order valence-electron chi connectivity index (χ3n) is 6.02. The monoisotopic (exact) mass is 466 g/mol. The van der Waals surface area contributed by atoms with Crippen LogP contribution in [0.1, 0.15) is 55.0 Å². The first-order valence-electron chi connectivity index (χ1n) is 11.2. The molecule has 0 aliphatic heterocycles. The van der Waals surface area contributed by atoms with Crippen molar-refractivity contribution in [3.05, 3.63) is 106 Å². The Morgan fingerprint density at radius 1 is 0.735 bits per heavy atom. The number of anilines is 1. The van der Waals surface area contributed by atoms with E-state index in [4.69, 9.17) is 0 Å². The Bertz CT molecular complexity index is 1370. The van der Waals surface area contributed by atoms with Crippen LogP contribution in [0.2, 0.25) is 0 Å². The quantitative estimate of drug-likeness (QED) is 0.279. The minimum absolute atomic E-state index is 0.245. The first-order chi connectivity index (χ1) is 16.6. The molecule has 3 aromatic carbocycles. The molecule has 1 aliphatic rings. The van der Waals surface area contributed by atoms with Crippen LogP contribution in [0.4, 0.5) is 5.13 Å². The SMILES string of the molecule is O=C(Nc1nc(-c2ccc3c(c2)CCCC3)cs1)c1ccc(C(=O)C(=O)c2ccccc2)cc1. The molecule has 0 unspecified atom stereocenters. The zero-order chi connectivity index (χ0) is 23.5. The molecule has 1 aromatic heterocycles. The minimum Gasteiger partial charge on any atom is -0.298 e. The average molecular weight is 467 g/mol. The van der Waals surface area contributed by atoms with Crippen molar-refractivity contribution in [3.8, 4) is 11.3 Å². The van der Waals surface area contributed by atoms with Crippen molar-refractivity contribution in [3.63, 3.8) is 0 Å². The Balaban J connectivity index is 1.26. The van der Waals surface area contributed by atoms with Crippen molar-refractivity contribution < 1.29 is 14.4 Å². The molecule has 1 amide bonds. The maximum absolute atomic E-state index is 12.7. The van der Waals surface area contributed by atoms with Gasteiger partial charge >= 0.3 is 0 Å². The number of aromatic nitrogens is 1. The molecule has 1 heterocycles. The molecule has 0 fully saturated rings. The topological polar surface area (TPSA) is 76.1 Å². The Morgan fingerprint density at radius 3 is 2.12 bits per heavy atom. The van der Waals surface area contributed by atoms with Crippen molar-refractivity contribution in [2.24, 2.45) is 0 Å². The fraction of sp³-hybridized carbons (Fsp3) is 0.143. The Labute approximate surface area is 201 Å². The molecule has 0 spiro atoms. The molecule has 5 nitrogen and oxygen atoms in total. The minimum atomic E-state index is -0.604. The van der Waals surface area contributed by atoms with Crippen LogP contribution in [0, 0.1) is 0 Å². The van der Waals surface area contributed by atoms with Crippen LogP contribution in [0.3, 0.4) is 0 Å². The number of hydrogen-bond acceptors (Lipinski definition) is 5. The van der Waals surface area contributed by atoms with Crippen LogP contribution >= 0.6 is 11.3 Å². The number of nitrogens with one attached hydrogen (secondary N) is 1. The second-order valence-corrected chi connectivity index (χ2v) is 9.14. The number of carbonyl (C=O) groups excluding carboxylic acids is 3. The lowest BCUT2D eigenvalue weighted by Gasteiger charge is -2.16. The molecule has 1 N–H and O–H groups in total. The van der Waals surface area contributed by atoms with Crippen LogP contribution in [-0.4, -0.2) is 22.5 Å². The van der Waals surface area contributed by atoms with Gasteiger partial charge in [0.25, 0.3) is 5.91 Å². The standard InChI is InChI=1S/C28H22N2O3S/c31-25(19-7-2-1-3-8-19)26(32)20-11-13-21(14-12-20)27(33)30-28-29-24(17-34-28)23-15-10-18-6-4-5-9-22(18)16-23/h1-3,7-8,10-17H,4-6,9H2,(H,29,30,33). The highest BCUT2D eigenvalue weighted by Crippen LogP contribution is 2.29. The molecule has 4 aromatic rings. The van der Waals surface area contributed by atoms with Crippen LogP contribution in [0.15, 0.2) is 78.2 Å². The molecular weight excluding hydrogens is 444 g/mol. The van der Waals surface area contributed by atoms with E-state index in [1.807, 2.05) is 5.38 Å². The third kappa shape index (κ3) is 4.58. The summed E-state index contributed by atoms with van der Waals surface area (Å²) in [5.41, 5.74) is 5.68. The molecule has 168 valence electrons. The van der Waals surface area contributed by atoms with E-state index in [9.17, 15) is 14.4 Å². The van der Waals surface area contributed by atoms with Gasteiger partial charge < -0.3 is 0 Å². The number of nitrogens with zero attached hydrogens (tertiary/aromatic N) is 1. The van der Waals surface area contributed by atoms with Gasteiger partial charge in [-0.2, -0.15) is 0 Å². The largest absolute Gasteiger partial charge is 0.298 e. The molecule has 6 heteroatoms. The summed E-state index contributed by atoms with van der Waals surface area (Å²) in [4.78, 5) is 42.1. The van der Waals surface area contributed by atoms with Crippen molar-refractivity contribution in [1.82, 2.24) is 4.98 Å². The molecule has 0 bridgehead atoms.